The molecule has 8 heteroatoms. The minimum atomic E-state index is -1.12. The Morgan fingerprint density at radius 1 is 1.16 bits per heavy atom. The Hall–Kier alpha value is -3.26. The predicted octanol–water partition coefficient (Wildman–Crippen LogP) is 1.94. The number of carboxylic acids is 1. The van der Waals surface area contributed by atoms with E-state index in [9.17, 15) is 14.4 Å². The number of anilines is 1. The van der Waals surface area contributed by atoms with E-state index < -0.39 is 23.8 Å². The molecule has 2 aromatic rings. The molecule has 1 aromatic carbocycles. The summed E-state index contributed by atoms with van der Waals surface area (Å²) in [6.45, 7) is 4.04. The van der Waals surface area contributed by atoms with Crippen LogP contribution in [-0.4, -0.2) is 60.1 Å². The number of Topliss-reactive ketones (excluding diaryl/α,β-unsaturated/α-hetero) is 1. The Kier molecular flexibility index (Phi) is 7.72. The molecule has 164 valence electrons. The molecule has 0 saturated carbocycles. The molecule has 1 fully saturated rings. The number of nitrogens with one attached hydrogen (secondary N) is 1. The molecule has 31 heavy (non-hydrogen) atoms. The van der Waals surface area contributed by atoms with E-state index in [1.54, 1.807) is 18.3 Å². The fourth-order valence-corrected chi connectivity index (χ4v) is 3.45. The summed E-state index contributed by atoms with van der Waals surface area (Å²) in [5.74, 6) is -1.73. The van der Waals surface area contributed by atoms with Crippen LogP contribution in [0.5, 0.6) is 0 Å². The summed E-state index contributed by atoms with van der Waals surface area (Å²) in [5.41, 5.74) is 1.38. The quantitative estimate of drug-likeness (QED) is 0.591. The molecule has 0 bridgehead atoms. The Balaban J connectivity index is 1.75. The third-order valence-corrected chi connectivity index (χ3v) is 5.26. The average molecular weight is 425 g/mol. The van der Waals surface area contributed by atoms with Gasteiger partial charge in [0.1, 0.15) is 11.9 Å². The Bertz CT molecular complexity index is 912. The van der Waals surface area contributed by atoms with Gasteiger partial charge in [0.25, 0.3) is 0 Å². The third kappa shape index (κ3) is 6.36. The number of carboxylic acid groups (broad SMARTS) is 1. The largest absolute Gasteiger partial charge is 0.480 e. The van der Waals surface area contributed by atoms with Crippen LogP contribution in [0.1, 0.15) is 29.3 Å². The summed E-state index contributed by atoms with van der Waals surface area (Å²) in [4.78, 5) is 43.4. The molecule has 0 unspecified atom stereocenters. The number of nitrogens with zero attached hydrogens (tertiary/aromatic N) is 2. The van der Waals surface area contributed by atoms with Crippen LogP contribution in [0, 0.1) is 5.92 Å². The van der Waals surface area contributed by atoms with E-state index in [1.807, 2.05) is 30.3 Å². The van der Waals surface area contributed by atoms with Crippen molar-refractivity contribution in [2.75, 3.05) is 31.2 Å². The number of benzene rings is 1. The number of ether oxygens (including phenoxy) is 1. The van der Waals surface area contributed by atoms with Gasteiger partial charge in [-0.1, -0.05) is 30.3 Å². The molecular formula is C23H27N3O5. The highest BCUT2D eigenvalue weighted by molar-refractivity contribution is 5.99. The van der Waals surface area contributed by atoms with Crippen molar-refractivity contribution in [1.82, 2.24) is 10.3 Å². The van der Waals surface area contributed by atoms with Crippen LogP contribution in [0.2, 0.25) is 0 Å². The van der Waals surface area contributed by atoms with Crippen LogP contribution < -0.4 is 10.2 Å². The number of amides is 1. The van der Waals surface area contributed by atoms with Crippen molar-refractivity contribution in [2.45, 2.75) is 25.8 Å². The van der Waals surface area contributed by atoms with Gasteiger partial charge in [0, 0.05) is 37.2 Å². The van der Waals surface area contributed by atoms with Crippen LogP contribution in [0.25, 0.3) is 0 Å². The van der Waals surface area contributed by atoms with Gasteiger partial charge in [-0.3, -0.25) is 14.4 Å². The van der Waals surface area contributed by atoms with Crippen LogP contribution >= 0.6 is 0 Å². The Morgan fingerprint density at radius 3 is 2.55 bits per heavy atom. The van der Waals surface area contributed by atoms with Gasteiger partial charge in [-0.2, -0.15) is 0 Å². The number of aromatic nitrogens is 1. The summed E-state index contributed by atoms with van der Waals surface area (Å²) >= 11 is 0. The van der Waals surface area contributed by atoms with E-state index in [-0.39, 0.29) is 12.2 Å². The van der Waals surface area contributed by atoms with Crippen LogP contribution in [0.4, 0.5) is 5.82 Å². The van der Waals surface area contributed by atoms with Gasteiger partial charge in [0.05, 0.1) is 13.2 Å². The van der Waals surface area contributed by atoms with Crippen LogP contribution in [-0.2, 0) is 20.7 Å². The molecule has 2 N–H and O–H groups in total. The lowest BCUT2D eigenvalue weighted by atomic mass is 9.91. The fourth-order valence-electron chi connectivity index (χ4n) is 3.45. The van der Waals surface area contributed by atoms with Gasteiger partial charge >= 0.3 is 5.97 Å². The lowest BCUT2D eigenvalue weighted by Gasteiger charge is -2.28. The maximum atomic E-state index is 13.0. The third-order valence-electron chi connectivity index (χ3n) is 5.26. The number of carbonyl (C=O) groups is 3. The molecule has 0 aliphatic carbocycles. The molecule has 1 aliphatic heterocycles. The average Bonchev–Trinajstić information content (AvgIpc) is 2.79. The van der Waals surface area contributed by atoms with E-state index in [2.05, 4.69) is 15.2 Å². The summed E-state index contributed by atoms with van der Waals surface area (Å²) < 4.78 is 5.36. The fraction of sp³-hybridized carbons (Fsp3) is 0.391. The molecular weight excluding hydrogens is 398 g/mol. The van der Waals surface area contributed by atoms with Gasteiger partial charge < -0.3 is 20.1 Å². The second-order valence-corrected chi connectivity index (χ2v) is 7.58. The topological polar surface area (TPSA) is 109 Å². The van der Waals surface area contributed by atoms with Crippen molar-refractivity contribution in [2.24, 2.45) is 5.92 Å². The molecule has 2 heterocycles. The molecule has 0 radical (unpaired) electrons. The first kappa shape index (κ1) is 22.4. The first-order valence-corrected chi connectivity index (χ1v) is 10.3. The monoisotopic (exact) mass is 425 g/mol. The minimum absolute atomic E-state index is 0.0281. The molecule has 3 rings (SSSR count). The second-order valence-electron chi connectivity index (χ2n) is 7.58. The summed E-state index contributed by atoms with van der Waals surface area (Å²) in [6.07, 6.45) is 1.91. The van der Waals surface area contributed by atoms with Gasteiger partial charge in [-0.05, 0) is 31.0 Å². The van der Waals surface area contributed by atoms with Gasteiger partial charge in [-0.25, -0.2) is 4.98 Å². The van der Waals surface area contributed by atoms with E-state index in [0.29, 0.717) is 44.1 Å². The zero-order valence-corrected chi connectivity index (χ0v) is 17.5. The van der Waals surface area contributed by atoms with E-state index in [4.69, 9.17) is 9.84 Å². The molecule has 0 spiro atoms. The SMILES string of the molecule is C[C@H](NC(=O)[C@@H](CC(=O)c1ccnc(N2CCOCC2)c1)Cc1ccccc1)C(=O)O. The highest BCUT2D eigenvalue weighted by Gasteiger charge is 2.26. The van der Waals surface area contributed by atoms with Crippen molar-refractivity contribution in [3.05, 3.63) is 59.8 Å². The van der Waals surface area contributed by atoms with Crippen molar-refractivity contribution in [3.8, 4) is 0 Å². The first-order valence-electron chi connectivity index (χ1n) is 10.3. The number of pyridine rings is 1. The maximum absolute atomic E-state index is 13.0. The van der Waals surface area contributed by atoms with Crippen molar-refractivity contribution in [3.63, 3.8) is 0 Å². The number of hydrogen-bond acceptors (Lipinski definition) is 6. The first-order chi connectivity index (χ1) is 14.9. The second kappa shape index (κ2) is 10.7. The van der Waals surface area contributed by atoms with Gasteiger partial charge in [0.15, 0.2) is 5.78 Å². The van der Waals surface area contributed by atoms with Crippen molar-refractivity contribution < 1.29 is 24.2 Å². The molecule has 1 saturated heterocycles. The zero-order valence-electron chi connectivity index (χ0n) is 17.5. The molecule has 1 aromatic heterocycles. The number of rotatable bonds is 9. The van der Waals surface area contributed by atoms with Gasteiger partial charge in [-0.15, -0.1) is 0 Å². The maximum Gasteiger partial charge on any atom is 0.325 e. The Morgan fingerprint density at radius 2 is 1.87 bits per heavy atom. The van der Waals surface area contributed by atoms with Crippen molar-refractivity contribution >= 4 is 23.5 Å². The number of ketones is 1. The highest BCUT2D eigenvalue weighted by Crippen LogP contribution is 2.20. The summed E-state index contributed by atoms with van der Waals surface area (Å²) in [5, 5.41) is 11.6. The standard InChI is InChI=1S/C23H27N3O5/c1-16(23(29)30)25-22(28)19(13-17-5-3-2-4-6-17)14-20(27)18-7-8-24-21(15-18)26-9-11-31-12-10-26/h2-8,15-16,19H,9-14H2,1H3,(H,25,28)(H,29,30)/t16-,19+/m0/s1. The van der Waals surface area contributed by atoms with Gasteiger partial charge in [0.2, 0.25) is 5.91 Å². The lowest BCUT2D eigenvalue weighted by molar-refractivity contribution is -0.141. The summed E-state index contributed by atoms with van der Waals surface area (Å²) in [7, 11) is 0. The number of aliphatic carboxylic acids is 1. The van der Waals surface area contributed by atoms with E-state index >= 15 is 0 Å². The smallest absolute Gasteiger partial charge is 0.325 e. The Labute approximate surface area is 181 Å². The molecule has 1 aliphatic rings. The number of morpholine rings is 1. The highest BCUT2D eigenvalue weighted by atomic mass is 16.5. The number of carbonyl (C=O) groups excluding carboxylic acids is 2. The number of hydrogen-bond donors (Lipinski definition) is 2. The van der Waals surface area contributed by atoms with Crippen LogP contribution in [0.15, 0.2) is 48.7 Å². The normalized spacial score (nSPS) is 15.7. The molecule has 1 amide bonds. The van der Waals surface area contributed by atoms with Crippen LogP contribution in [0.3, 0.4) is 0 Å². The lowest BCUT2D eigenvalue weighted by Crippen LogP contribution is -2.42. The molecule has 8 nitrogen and oxygen atoms in total. The summed E-state index contributed by atoms with van der Waals surface area (Å²) in [6, 6.07) is 11.7. The van der Waals surface area contributed by atoms with Crippen molar-refractivity contribution in [1.29, 1.82) is 0 Å². The molecule has 2 atom stereocenters. The van der Waals surface area contributed by atoms with E-state index in [1.165, 1.54) is 6.92 Å². The van der Waals surface area contributed by atoms with E-state index in [0.717, 1.165) is 5.56 Å². The minimum Gasteiger partial charge on any atom is -0.480 e. The predicted molar refractivity (Wildman–Crippen MR) is 115 cm³/mol. The zero-order chi connectivity index (χ0) is 22.2.